The minimum absolute atomic E-state index is 1.17. The maximum absolute atomic E-state index is 2.57. The summed E-state index contributed by atoms with van der Waals surface area (Å²) in [5.74, 6) is 1.50. The second-order valence-electron chi connectivity index (χ2n) is 15.0. The van der Waals surface area contributed by atoms with E-state index in [1.165, 1.54) is 230 Å². The number of benzene rings is 1. The minimum Gasteiger partial charge on any atom is -0.234 e. The van der Waals surface area contributed by atoms with Crippen molar-refractivity contribution in [3.8, 4) is 5.69 Å². The van der Waals surface area contributed by atoms with Gasteiger partial charge in [0.1, 0.15) is 18.1 Å². The number of nitrogens with zero attached hydrogens (tertiary/aromatic N) is 2. The van der Waals surface area contributed by atoms with Gasteiger partial charge in [0.2, 0.25) is 0 Å². The summed E-state index contributed by atoms with van der Waals surface area (Å²) < 4.78 is 5.03. The highest BCUT2D eigenvalue weighted by Crippen LogP contribution is 2.17. The van der Waals surface area contributed by atoms with Crippen molar-refractivity contribution in [3.05, 3.63) is 48.5 Å². The van der Waals surface area contributed by atoms with Crippen molar-refractivity contribution in [1.29, 1.82) is 0 Å². The van der Waals surface area contributed by atoms with Crippen molar-refractivity contribution >= 4 is 0 Å². The summed E-state index contributed by atoms with van der Waals surface area (Å²) in [6, 6.07) is 11.0. The average molecular weight is 650 g/mol. The zero-order valence-corrected chi connectivity index (χ0v) is 32.0. The van der Waals surface area contributed by atoms with Crippen molar-refractivity contribution in [1.82, 2.24) is 4.57 Å². The van der Waals surface area contributed by atoms with Gasteiger partial charge in [0, 0.05) is 6.42 Å². The fourth-order valence-corrected chi connectivity index (χ4v) is 7.41. The molecule has 2 aromatic rings. The summed E-state index contributed by atoms with van der Waals surface area (Å²) in [5, 5.41) is 0. The molecule has 0 aliphatic rings. The molecule has 2 heteroatoms. The largest absolute Gasteiger partial charge is 0.261 e. The Kier molecular flexibility index (Phi) is 28.0. The van der Waals surface area contributed by atoms with E-state index >= 15 is 0 Å². The van der Waals surface area contributed by atoms with Crippen molar-refractivity contribution in [2.45, 2.75) is 232 Å². The zero-order chi connectivity index (χ0) is 33.3. The Hall–Kier alpha value is -1.57. The van der Waals surface area contributed by atoms with Gasteiger partial charge in [-0.05, 0) is 31.4 Å². The number of hydrogen-bond donors (Lipinski definition) is 0. The third-order valence-corrected chi connectivity index (χ3v) is 10.5. The van der Waals surface area contributed by atoms with Crippen molar-refractivity contribution in [3.63, 3.8) is 0 Å². The van der Waals surface area contributed by atoms with Crippen LogP contribution in [0.15, 0.2) is 42.7 Å². The molecular formula is C45H81N2+. The fourth-order valence-electron chi connectivity index (χ4n) is 7.41. The molecule has 2 rings (SSSR count). The first-order valence-corrected chi connectivity index (χ1v) is 21.5. The number of rotatable bonds is 35. The molecule has 0 radical (unpaired) electrons. The molecular weight excluding hydrogens is 569 g/mol. The molecule has 0 amide bonds. The molecule has 0 bridgehead atoms. The summed E-state index contributed by atoms with van der Waals surface area (Å²) in [5.41, 5.74) is 1.31. The van der Waals surface area contributed by atoms with Crippen LogP contribution in [-0.4, -0.2) is 4.57 Å². The van der Waals surface area contributed by atoms with Crippen LogP contribution in [0.4, 0.5) is 0 Å². The molecule has 1 heterocycles. The summed E-state index contributed by atoms with van der Waals surface area (Å²) >= 11 is 0. The molecule has 1 aromatic heterocycles. The molecule has 0 aliphatic carbocycles. The summed E-state index contributed by atoms with van der Waals surface area (Å²) in [6.07, 6.45) is 51.7. The first-order valence-electron chi connectivity index (χ1n) is 21.5. The Morgan fingerprint density at radius 3 is 1.13 bits per heavy atom. The molecule has 1 aromatic carbocycles. The Balaban J connectivity index is 1.52. The van der Waals surface area contributed by atoms with Crippen LogP contribution < -0.4 is 4.57 Å². The topological polar surface area (TPSA) is 8.81 Å². The molecule has 0 atom stereocenters. The number of aromatic nitrogens is 2. The summed E-state index contributed by atoms with van der Waals surface area (Å²) in [4.78, 5) is 0. The van der Waals surface area contributed by atoms with Gasteiger partial charge in [-0.25, -0.2) is 4.57 Å². The van der Waals surface area contributed by atoms with E-state index in [1.54, 1.807) is 0 Å². The lowest BCUT2D eigenvalue weighted by Crippen LogP contribution is -2.37. The van der Waals surface area contributed by atoms with Gasteiger partial charge in [0.25, 0.3) is 5.82 Å². The normalized spacial score (nSPS) is 11.5. The van der Waals surface area contributed by atoms with Crippen LogP contribution in [0.3, 0.4) is 0 Å². The SMILES string of the molecule is CCCCCCCCCCCCCCCCCCc1n(-c2ccccc2)cc[n+]1CCCCCCCCCCCCCCCCCC. The summed E-state index contributed by atoms with van der Waals surface area (Å²) in [6.45, 7) is 5.79. The highest BCUT2D eigenvalue weighted by Gasteiger charge is 2.18. The highest BCUT2D eigenvalue weighted by molar-refractivity contribution is 5.31. The molecule has 0 saturated carbocycles. The number of aryl methyl sites for hydroxylation is 1. The van der Waals surface area contributed by atoms with E-state index in [0.717, 1.165) is 0 Å². The molecule has 0 fully saturated rings. The maximum Gasteiger partial charge on any atom is 0.261 e. The predicted molar refractivity (Wildman–Crippen MR) is 209 cm³/mol. The quantitative estimate of drug-likeness (QED) is 0.0519. The Labute approximate surface area is 294 Å². The lowest BCUT2D eigenvalue weighted by molar-refractivity contribution is -0.704. The number of hydrogen-bond acceptors (Lipinski definition) is 0. The van der Waals surface area contributed by atoms with E-state index in [9.17, 15) is 0 Å². The second-order valence-corrected chi connectivity index (χ2v) is 15.0. The van der Waals surface area contributed by atoms with E-state index in [4.69, 9.17) is 0 Å². The molecule has 0 unspecified atom stereocenters. The monoisotopic (exact) mass is 650 g/mol. The first kappa shape index (κ1) is 41.6. The van der Waals surface area contributed by atoms with Crippen molar-refractivity contribution in [2.24, 2.45) is 0 Å². The summed E-state index contributed by atoms with van der Waals surface area (Å²) in [7, 11) is 0. The van der Waals surface area contributed by atoms with Crippen molar-refractivity contribution in [2.75, 3.05) is 0 Å². The van der Waals surface area contributed by atoms with Gasteiger partial charge in [0.15, 0.2) is 0 Å². The average Bonchev–Trinajstić information content (AvgIpc) is 3.50. The smallest absolute Gasteiger partial charge is 0.234 e. The van der Waals surface area contributed by atoms with Gasteiger partial charge < -0.3 is 0 Å². The lowest BCUT2D eigenvalue weighted by atomic mass is 10.0. The van der Waals surface area contributed by atoms with Crippen LogP contribution in [-0.2, 0) is 13.0 Å². The van der Waals surface area contributed by atoms with E-state index in [1.807, 2.05) is 0 Å². The van der Waals surface area contributed by atoms with Gasteiger partial charge in [0.05, 0.1) is 6.54 Å². The van der Waals surface area contributed by atoms with Gasteiger partial charge in [-0.3, -0.25) is 0 Å². The Morgan fingerprint density at radius 2 is 0.745 bits per heavy atom. The van der Waals surface area contributed by atoms with E-state index < -0.39 is 0 Å². The number of imidazole rings is 1. The third kappa shape index (κ3) is 22.6. The third-order valence-electron chi connectivity index (χ3n) is 10.5. The standard InChI is InChI=1S/C45H81N2/c1-3-5-7-9-11-13-15-17-19-21-23-25-27-29-31-36-40-45-46(42-43-47(45)44-38-34-33-35-39-44)41-37-32-30-28-26-24-22-20-18-16-14-12-10-8-6-4-2/h33-35,38-39,42-43H,3-32,36-37,40-41H2,1-2H3/q+1. The molecule has 0 saturated heterocycles. The second kappa shape index (κ2) is 31.7. The lowest BCUT2D eigenvalue weighted by Gasteiger charge is -2.07. The van der Waals surface area contributed by atoms with Crippen LogP contribution in [0, 0.1) is 0 Å². The van der Waals surface area contributed by atoms with Crippen LogP contribution in [0.25, 0.3) is 5.69 Å². The van der Waals surface area contributed by atoms with E-state index in [0.29, 0.717) is 0 Å². The Morgan fingerprint density at radius 1 is 0.404 bits per heavy atom. The molecule has 2 nitrogen and oxygen atoms in total. The fraction of sp³-hybridized carbons (Fsp3) is 0.800. The van der Waals surface area contributed by atoms with Gasteiger partial charge in [-0.1, -0.05) is 218 Å². The van der Waals surface area contributed by atoms with Crippen LogP contribution in [0.5, 0.6) is 0 Å². The van der Waals surface area contributed by atoms with Crippen LogP contribution in [0.1, 0.15) is 225 Å². The predicted octanol–water partition coefficient (Wildman–Crippen LogP) is 14.8. The molecule has 0 spiro atoms. The van der Waals surface area contributed by atoms with Gasteiger partial charge >= 0.3 is 0 Å². The van der Waals surface area contributed by atoms with E-state index in [-0.39, 0.29) is 0 Å². The molecule has 47 heavy (non-hydrogen) atoms. The molecule has 270 valence electrons. The first-order chi connectivity index (χ1) is 23.4. The highest BCUT2D eigenvalue weighted by atomic mass is 15.1. The Bertz CT molecular complexity index is 900. The molecule has 0 aliphatic heterocycles. The number of para-hydroxylation sites is 1. The number of unbranched alkanes of at least 4 members (excludes halogenated alkanes) is 30. The molecule has 0 N–H and O–H groups in total. The maximum atomic E-state index is 2.57. The van der Waals surface area contributed by atoms with Crippen molar-refractivity contribution < 1.29 is 4.57 Å². The van der Waals surface area contributed by atoms with Crippen LogP contribution >= 0.6 is 0 Å². The minimum atomic E-state index is 1.17. The van der Waals surface area contributed by atoms with Crippen LogP contribution in [0.2, 0.25) is 0 Å². The van der Waals surface area contributed by atoms with Gasteiger partial charge in [-0.15, -0.1) is 0 Å². The van der Waals surface area contributed by atoms with Gasteiger partial charge in [-0.2, -0.15) is 4.57 Å². The van der Waals surface area contributed by atoms with E-state index in [2.05, 4.69) is 65.7 Å². The zero-order valence-electron chi connectivity index (χ0n) is 32.0.